The van der Waals surface area contributed by atoms with Crippen molar-refractivity contribution in [2.45, 2.75) is 33.3 Å². The summed E-state index contributed by atoms with van der Waals surface area (Å²) in [5.74, 6) is 0. The van der Waals surface area contributed by atoms with Crippen LogP contribution in [0.15, 0.2) is 72.8 Å². The molecule has 0 fully saturated rings. The molecule has 0 bridgehead atoms. The van der Waals surface area contributed by atoms with Gasteiger partial charge >= 0.3 is 166 Å². The van der Waals surface area contributed by atoms with Gasteiger partial charge in [0.2, 0.25) is 0 Å². The molecule has 134 valence electrons. The monoisotopic (exact) mass is 540 g/mol. The van der Waals surface area contributed by atoms with Crippen LogP contribution in [-0.2, 0) is 24.2 Å². The molecule has 2 heteroatoms. The van der Waals surface area contributed by atoms with E-state index in [9.17, 15) is 0 Å². The van der Waals surface area contributed by atoms with Gasteiger partial charge in [0, 0.05) is 0 Å². The van der Waals surface area contributed by atoms with Crippen LogP contribution in [0.4, 0.5) is 0 Å². The van der Waals surface area contributed by atoms with Crippen molar-refractivity contribution >= 4 is 31.6 Å². The number of benzene rings is 3. The summed E-state index contributed by atoms with van der Waals surface area (Å²) in [5, 5.41) is 0. The topological polar surface area (TPSA) is 9.23 Å². The van der Waals surface area contributed by atoms with Gasteiger partial charge in [0.15, 0.2) is 0 Å². The number of aryl methyl sites for hydroxylation is 2. The van der Waals surface area contributed by atoms with Crippen LogP contribution < -0.4 is 9.81 Å². The maximum atomic E-state index is 5.54. The zero-order valence-corrected chi connectivity index (χ0v) is 19.4. The standard InChI is InChI=1S/C8H9O.2C8H9.Bi/c1-9-7-8-5-3-2-4-6-8;2*1-2-8-6-4-3-5-7-8;/h2-5H,7H2,1H3;2*3-6H,2H2,1H3;. The van der Waals surface area contributed by atoms with Crippen molar-refractivity contribution in [3.8, 4) is 0 Å². The Morgan fingerprint density at radius 1 is 0.615 bits per heavy atom. The van der Waals surface area contributed by atoms with Gasteiger partial charge in [-0.15, -0.1) is 0 Å². The predicted octanol–water partition coefficient (Wildman–Crippen LogP) is 3.47. The van der Waals surface area contributed by atoms with Gasteiger partial charge in [0.1, 0.15) is 0 Å². The SMILES string of the molecule is CCc1cccc[c]1[Bi]([c]1ccccc1CC)[c]1ccccc1COC. The van der Waals surface area contributed by atoms with Crippen LogP contribution in [0.5, 0.6) is 0 Å². The molecule has 0 unspecified atom stereocenters. The minimum absolute atomic E-state index is 0.685. The van der Waals surface area contributed by atoms with Crippen molar-refractivity contribution in [1.82, 2.24) is 0 Å². The molecule has 0 radical (unpaired) electrons. The van der Waals surface area contributed by atoms with Crippen molar-refractivity contribution in [1.29, 1.82) is 0 Å². The molecule has 0 aliphatic heterocycles. The Kier molecular flexibility index (Phi) is 7.00. The molecule has 3 rings (SSSR count). The summed E-state index contributed by atoms with van der Waals surface area (Å²) >= 11 is -2.42. The Morgan fingerprint density at radius 2 is 1.00 bits per heavy atom. The third-order valence-corrected chi connectivity index (χ3v) is 15.5. The second-order valence-electron chi connectivity index (χ2n) is 6.36. The van der Waals surface area contributed by atoms with Gasteiger partial charge in [-0.2, -0.15) is 0 Å². The van der Waals surface area contributed by atoms with E-state index in [0.29, 0.717) is 6.61 Å². The normalized spacial score (nSPS) is 11.1. The molecule has 0 aliphatic carbocycles. The van der Waals surface area contributed by atoms with Crippen LogP contribution in [0.2, 0.25) is 0 Å². The second-order valence-corrected chi connectivity index (χ2v) is 14.6. The van der Waals surface area contributed by atoms with Gasteiger partial charge in [-0.3, -0.25) is 0 Å². The Morgan fingerprint density at radius 3 is 1.42 bits per heavy atom. The van der Waals surface area contributed by atoms with E-state index in [1.165, 1.54) is 16.7 Å². The molecule has 0 aromatic heterocycles. The zero-order chi connectivity index (χ0) is 18.4. The first kappa shape index (κ1) is 19.3. The Balaban J connectivity index is 2.27. The molecule has 0 amide bonds. The summed E-state index contributed by atoms with van der Waals surface area (Å²) in [6.45, 7) is 5.23. The number of hydrogen-bond donors (Lipinski definition) is 0. The van der Waals surface area contributed by atoms with Crippen LogP contribution in [0.25, 0.3) is 0 Å². The van der Waals surface area contributed by atoms with E-state index in [1.54, 1.807) is 16.9 Å². The van der Waals surface area contributed by atoms with Crippen molar-refractivity contribution in [3.63, 3.8) is 0 Å². The first-order chi connectivity index (χ1) is 12.8. The van der Waals surface area contributed by atoms with Crippen LogP contribution >= 0.6 is 0 Å². The van der Waals surface area contributed by atoms with Gasteiger partial charge < -0.3 is 0 Å². The molecule has 0 N–H and O–H groups in total. The van der Waals surface area contributed by atoms with Crippen molar-refractivity contribution in [2.24, 2.45) is 0 Å². The van der Waals surface area contributed by atoms with Gasteiger partial charge in [0.05, 0.1) is 0 Å². The summed E-state index contributed by atoms with van der Waals surface area (Å²) in [5.41, 5.74) is 4.36. The van der Waals surface area contributed by atoms with Gasteiger partial charge in [0.25, 0.3) is 0 Å². The fourth-order valence-electron chi connectivity index (χ4n) is 3.45. The number of hydrogen-bond acceptors (Lipinski definition) is 1. The predicted molar refractivity (Wildman–Crippen MR) is 113 cm³/mol. The molecule has 0 heterocycles. The maximum absolute atomic E-state index is 5.54. The van der Waals surface area contributed by atoms with E-state index in [-0.39, 0.29) is 0 Å². The third-order valence-electron chi connectivity index (χ3n) is 4.76. The molecule has 0 saturated carbocycles. The van der Waals surface area contributed by atoms with Crippen LogP contribution in [-0.4, -0.2) is 28.9 Å². The molecule has 3 aromatic carbocycles. The second kappa shape index (κ2) is 9.44. The average molecular weight is 540 g/mol. The molecule has 3 aromatic rings. The molecule has 0 spiro atoms. The zero-order valence-electron chi connectivity index (χ0n) is 15.9. The van der Waals surface area contributed by atoms with E-state index in [0.717, 1.165) is 12.8 Å². The Hall–Kier alpha value is -1.50. The Labute approximate surface area is 165 Å². The number of methoxy groups -OCH3 is 1. The summed E-state index contributed by atoms with van der Waals surface area (Å²) < 4.78 is 10.3. The average Bonchev–Trinajstić information content (AvgIpc) is 2.70. The molecule has 26 heavy (non-hydrogen) atoms. The summed E-state index contributed by atoms with van der Waals surface area (Å²) in [6, 6.07) is 27.1. The molecular weight excluding hydrogens is 513 g/mol. The van der Waals surface area contributed by atoms with E-state index in [1.807, 2.05) is 0 Å². The first-order valence-electron chi connectivity index (χ1n) is 9.32. The van der Waals surface area contributed by atoms with Gasteiger partial charge in [-0.25, -0.2) is 0 Å². The Bertz CT molecular complexity index is 809. The van der Waals surface area contributed by atoms with Crippen LogP contribution in [0, 0.1) is 0 Å². The third kappa shape index (κ3) is 4.08. The summed E-state index contributed by atoms with van der Waals surface area (Å²) in [4.78, 5) is 0. The molecule has 0 aliphatic rings. The van der Waals surface area contributed by atoms with E-state index in [2.05, 4.69) is 86.6 Å². The fraction of sp³-hybridized carbons (Fsp3) is 0.250. The van der Waals surface area contributed by atoms with Crippen molar-refractivity contribution in [2.75, 3.05) is 7.11 Å². The van der Waals surface area contributed by atoms with Gasteiger partial charge in [-0.05, 0) is 0 Å². The number of ether oxygens (including phenoxy) is 1. The van der Waals surface area contributed by atoms with Crippen molar-refractivity contribution < 1.29 is 4.74 Å². The fourth-order valence-corrected chi connectivity index (χ4v) is 14.9. The van der Waals surface area contributed by atoms with Crippen molar-refractivity contribution in [3.05, 3.63) is 89.5 Å². The first-order valence-corrected chi connectivity index (χ1v) is 14.5. The quantitative estimate of drug-likeness (QED) is 0.418. The van der Waals surface area contributed by atoms with E-state index < -0.39 is 21.8 Å². The van der Waals surface area contributed by atoms with Crippen LogP contribution in [0.3, 0.4) is 0 Å². The molecular formula is C24H27BiO. The van der Waals surface area contributed by atoms with Crippen LogP contribution in [0.1, 0.15) is 30.5 Å². The minimum atomic E-state index is -2.42. The summed E-state index contributed by atoms with van der Waals surface area (Å²) in [6.07, 6.45) is 2.17. The molecule has 0 atom stereocenters. The number of rotatable bonds is 7. The summed E-state index contributed by atoms with van der Waals surface area (Å²) in [7, 11) is 1.79. The molecule has 1 nitrogen and oxygen atoms in total. The molecule has 0 saturated heterocycles. The van der Waals surface area contributed by atoms with E-state index in [4.69, 9.17) is 4.74 Å². The van der Waals surface area contributed by atoms with E-state index >= 15 is 0 Å². The van der Waals surface area contributed by atoms with Gasteiger partial charge in [-0.1, -0.05) is 0 Å².